The van der Waals surface area contributed by atoms with Crippen LogP contribution in [0.25, 0.3) is 0 Å². The van der Waals surface area contributed by atoms with Crippen LogP contribution in [0.2, 0.25) is 0 Å². The fourth-order valence-corrected chi connectivity index (χ4v) is 4.38. The van der Waals surface area contributed by atoms with E-state index in [1.807, 2.05) is 11.8 Å². The van der Waals surface area contributed by atoms with Crippen molar-refractivity contribution in [2.24, 2.45) is 4.99 Å². The molecule has 0 amide bonds. The van der Waals surface area contributed by atoms with E-state index in [9.17, 15) is 0 Å². The van der Waals surface area contributed by atoms with Gasteiger partial charge in [-0.1, -0.05) is 48.2 Å². The zero-order chi connectivity index (χ0) is 17.2. The van der Waals surface area contributed by atoms with Crippen molar-refractivity contribution in [3.05, 3.63) is 65.9 Å². The number of hydrogen-bond donors (Lipinski definition) is 0. The molecule has 2 aromatic carbocycles. The smallest absolute Gasteiger partial charge is 0.137 e. The molecule has 0 aromatic heterocycles. The first-order valence-electron chi connectivity index (χ1n) is 8.84. The van der Waals surface area contributed by atoms with E-state index in [-0.39, 0.29) is 0 Å². The molecule has 1 fully saturated rings. The number of benzene rings is 2. The normalized spacial score (nSPS) is 17.5. The lowest BCUT2D eigenvalue weighted by atomic mass is 10.1. The molecule has 0 bridgehead atoms. The second-order valence-corrected chi connectivity index (χ2v) is 7.49. The zero-order valence-electron chi connectivity index (χ0n) is 14.8. The molecule has 0 N–H and O–H groups in total. The molecular weight excluding hydrogens is 326 g/mol. The highest BCUT2D eigenvalue weighted by atomic mass is 32.2. The molecule has 0 spiro atoms. The minimum atomic E-state index is 1.01. The number of hydrogen-bond acceptors (Lipinski definition) is 4. The minimum absolute atomic E-state index is 1.01. The van der Waals surface area contributed by atoms with Crippen molar-refractivity contribution in [1.82, 2.24) is 9.80 Å². The second kappa shape index (κ2) is 6.96. The van der Waals surface area contributed by atoms with Crippen molar-refractivity contribution in [1.29, 1.82) is 0 Å². The Morgan fingerprint density at radius 1 is 0.960 bits per heavy atom. The summed E-state index contributed by atoms with van der Waals surface area (Å²) in [5.74, 6) is 1.12. The van der Waals surface area contributed by atoms with E-state index in [0.717, 1.165) is 37.7 Å². The van der Waals surface area contributed by atoms with Crippen LogP contribution in [0.15, 0.2) is 75.1 Å². The van der Waals surface area contributed by atoms with Gasteiger partial charge in [-0.2, -0.15) is 0 Å². The Bertz CT molecular complexity index is 833. The highest BCUT2D eigenvalue weighted by Gasteiger charge is 2.25. The summed E-state index contributed by atoms with van der Waals surface area (Å²) in [6, 6.07) is 17.1. The van der Waals surface area contributed by atoms with Crippen LogP contribution in [0.5, 0.6) is 0 Å². The molecule has 25 heavy (non-hydrogen) atoms. The molecule has 2 aromatic rings. The Balaban J connectivity index is 1.69. The van der Waals surface area contributed by atoms with Crippen LogP contribution in [0.1, 0.15) is 19.4 Å². The van der Waals surface area contributed by atoms with E-state index >= 15 is 0 Å². The number of amidine groups is 1. The topological polar surface area (TPSA) is 18.8 Å². The lowest BCUT2D eigenvalue weighted by Gasteiger charge is -2.38. The third kappa shape index (κ3) is 3.19. The third-order valence-electron chi connectivity index (χ3n) is 4.94. The molecule has 3 nitrogen and oxygen atoms in total. The quantitative estimate of drug-likeness (QED) is 0.739. The van der Waals surface area contributed by atoms with Crippen LogP contribution in [-0.4, -0.2) is 41.8 Å². The molecule has 2 aliphatic heterocycles. The molecule has 2 aliphatic rings. The second-order valence-electron chi connectivity index (χ2n) is 6.41. The third-order valence-corrected chi connectivity index (χ3v) is 6.08. The predicted octanol–water partition coefficient (Wildman–Crippen LogP) is 4.77. The first kappa shape index (κ1) is 16.3. The number of piperazine rings is 1. The average Bonchev–Trinajstić information content (AvgIpc) is 2.84. The van der Waals surface area contributed by atoms with Gasteiger partial charge in [-0.05, 0) is 32.0 Å². The van der Waals surface area contributed by atoms with Gasteiger partial charge in [0.2, 0.25) is 0 Å². The Morgan fingerprint density at radius 2 is 1.64 bits per heavy atom. The number of para-hydroxylation sites is 1. The highest BCUT2D eigenvalue weighted by molar-refractivity contribution is 7.99. The van der Waals surface area contributed by atoms with Crippen molar-refractivity contribution in [2.75, 3.05) is 26.2 Å². The standard InChI is InChI=1S/C21H23N3S/c1-3-16(2)23-12-14-24(15-13-23)21-17-8-4-6-10-19(17)25-20-11-7-5-9-18(20)22-21/h3-11H,12-15H2,1-2H3/b16-3+. The Labute approximate surface area is 154 Å². The molecule has 4 rings (SSSR count). The largest absolute Gasteiger partial charge is 0.372 e. The number of aliphatic imine (C=N–C) groups is 1. The van der Waals surface area contributed by atoms with E-state index in [4.69, 9.17) is 4.99 Å². The predicted molar refractivity (Wildman–Crippen MR) is 106 cm³/mol. The summed E-state index contributed by atoms with van der Waals surface area (Å²) in [5, 5.41) is 0. The maximum atomic E-state index is 5.08. The average molecular weight is 350 g/mol. The van der Waals surface area contributed by atoms with Gasteiger partial charge >= 0.3 is 0 Å². The van der Waals surface area contributed by atoms with Gasteiger partial charge in [0.25, 0.3) is 0 Å². The molecule has 0 unspecified atom stereocenters. The van der Waals surface area contributed by atoms with E-state index in [1.165, 1.54) is 21.1 Å². The Morgan fingerprint density at radius 3 is 2.40 bits per heavy atom. The number of rotatable bonds is 1. The Kier molecular flexibility index (Phi) is 4.53. The van der Waals surface area contributed by atoms with E-state index < -0.39 is 0 Å². The summed E-state index contributed by atoms with van der Waals surface area (Å²) in [6.45, 7) is 8.41. The number of nitrogens with zero attached hydrogens (tertiary/aromatic N) is 3. The monoisotopic (exact) mass is 349 g/mol. The van der Waals surface area contributed by atoms with Gasteiger partial charge in [0.15, 0.2) is 0 Å². The molecule has 4 heteroatoms. The molecule has 0 aliphatic carbocycles. The maximum absolute atomic E-state index is 5.08. The van der Waals surface area contributed by atoms with Gasteiger partial charge in [-0.15, -0.1) is 0 Å². The van der Waals surface area contributed by atoms with Gasteiger partial charge < -0.3 is 9.80 Å². The zero-order valence-corrected chi connectivity index (χ0v) is 15.6. The van der Waals surface area contributed by atoms with E-state index in [2.05, 4.69) is 78.3 Å². The van der Waals surface area contributed by atoms with Gasteiger partial charge in [-0.25, -0.2) is 4.99 Å². The lowest BCUT2D eigenvalue weighted by Crippen LogP contribution is -2.48. The van der Waals surface area contributed by atoms with Crippen molar-refractivity contribution in [2.45, 2.75) is 23.6 Å². The molecule has 2 heterocycles. The fraction of sp³-hybridized carbons (Fsp3) is 0.286. The maximum Gasteiger partial charge on any atom is 0.137 e. The summed E-state index contributed by atoms with van der Waals surface area (Å²) >= 11 is 1.82. The summed E-state index contributed by atoms with van der Waals surface area (Å²) < 4.78 is 0. The molecule has 1 saturated heterocycles. The lowest BCUT2D eigenvalue weighted by molar-refractivity contribution is 0.222. The van der Waals surface area contributed by atoms with Gasteiger partial charge in [0.05, 0.1) is 5.69 Å². The van der Waals surface area contributed by atoms with Crippen LogP contribution in [0.4, 0.5) is 5.69 Å². The van der Waals surface area contributed by atoms with Crippen molar-refractivity contribution in [3.8, 4) is 0 Å². The van der Waals surface area contributed by atoms with Crippen LogP contribution in [0, 0.1) is 0 Å². The van der Waals surface area contributed by atoms with Crippen LogP contribution < -0.4 is 0 Å². The minimum Gasteiger partial charge on any atom is -0.372 e. The van der Waals surface area contributed by atoms with Gasteiger partial charge in [0, 0.05) is 47.2 Å². The van der Waals surface area contributed by atoms with E-state index in [1.54, 1.807) is 0 Å². The molecule has 0 radical (unpaired) electrons. The summed E-state index contributed by atoms with van der Waals surface area (Å²) in [6.07, 6.45) is 2.20. The summed E-state index contributed by atoms with van der Waals surface area (Å²) in [7, 11) is 0. The van der Waals surface area contributed by atoms with Crippen molar-refractivity contribution >= 4 is 23.3 Å². The summed E-state index contributed by atoms with van der Waals surface area (Å²) in [4.78, 5) is 12.5. The molecule has 0 saturated carbocycles. The van der Waals surface area contributed by atoms with Crippen molar-refractivity contribution < 1.29 is 0 Å². The fourth-order valence-electron chi connectivity index (χ4n) is 3.36. The molecule has 0 atom stereocenters. The molecule has 128 valence electrons. The van der Waals surface area contributed by atoms with Crippen LogP contribution >= 0.6 is 11.8 Å². The van der Waals surface area contributed by atoms with Crippen LogP contribution in [-0.2, 0) is 0 Å². The van der Waals surface area contributed by atoms with Gasteiger partial charge in [-0.3, -0.25) is 0 Å². The number of allylic oxidation sites excluding steroid dienone is 2. The first-order chi connectivity index (χ1) is 12.3. The molecular formula is C21H23N3S. The summed E-state index contributed by atoms with van der Waals surface area (Å²) in [5.41, 5.74) is 3.69. The Hall–Kier alpha value is -2.20. The highest BCUT2D eigenvalue weighted by Crippen LogP contribution is 2.40. The first-order valence-corrected chi connectivity index (χ1v) is 9.65. The SMILES string of the molecule is C/C=C(\C)N1CCN(C2=Nc3ccccc3Sc3ccccc32)CC1. The number of fused-ring (bicyclic) bond motifs is 2. The van der Waals surface area contributed by atoms with Crippen molar-refractivity contribution in [3.63, 3.8) is 0 Å². The van der Waals surface area contributed by atoms with Gasteiger partial charge in [0.1, 0.15) is 5.84 Å². The van der Waals surface area contributed by atoms with E-state index in [0.29, 0.717) is 0 Å². The van der Waals surface area contributed by atoms with Crippen LogP contribution in [0.3, 0.4) is 0 Å².